The summed E-state index contributed by atoms with van der Waals surface area (Å²) in [6.07, 6.45) is -16.7. The van der Waals surface area contributed by atoms with E-state index >= 15 is 0 Å². The van der Waals surface area contributed by atoms with Crippen molar-refractivity contribution >= 4 is 12.0 Å². The van der Waals surface area contributed by atoms with E-state index in [1.54, 1.807) is 12.1 Å². The highest BCUT2D eigenvalue weighted by Crippen LogP contribution is 2.36. The molecule has 2 amide bonds. The summed E-state index contributed by atoms with van der Waals surface area (Å²) in [6, 6.07) is 6.05. The van der Waals surface area contributed by atoms with Crippen LogP contribution in [0.1, 0.15) is 23.2 Å². The van der Waals surface area contributed by atoms with Crippen molar-refractivity contribution in [1.82, 2.24) is 4.90 Å². The molecule has 162 valence electrons. The highest BCUT2D eigenvalue weighted by Gasteiger charge is 2.60. The van der Waals surface area contributed by atoms with E-state index in [1.165, 1.54) is 12.1 Å². The van der Waals surface area contributed by atoms with Gasteiger partial charge in [0.2, 0.25) is 5.91 Å². The Morgan fingerprint density at radius 2 is 1.55 bits per heavy atom. The van der Waals surface area contributed by atoms with Gasteiger partial charge in [-0.05, 0) is 43.0 Å². The van der Waals surface area contributed by atoms with E-state index in [1.807, 2.05) is 0 Å². The second-order valence-corrected chi connectivity index (χ2v) is 6.48. The van der Waals surface area contributed by atoms with Gasteiger partial charge in [-0.15, -0.1) is 0 Å². The Labute approximate surface area is 161 Å². The molecule has 0 aliphatic carbocycles. The average molecular weight is 428 g/mol. The number of hydrogen-bond acceptors (Lipinski definition) is 4. The standard InChI is InChI=1S/C17H18F6N2O4/c18-16(19,20)14(17(21,22)23)29-15(27)25-7-5-10(6-8-25)9-28-12-3-1-11(2-4-12)13(24)26/h1-4,10,14H,5-9H2,(H2,24,26). The molecule has 12 heteroatoms. The number of nitrogens with zero attached hydrogens (tertiary/aromatic N) is 1. The minimum atomic E-state index is -5.75. The molecular formula is C17H18F6N2O4. The summed E-state index contributed by atoms with van der Waals surface area (Å²) in [5, 5.41) is 0. The number of rotatable bonds is 5. The molecular weight excluding hydrogens is 410 g/mol. The minimum Gasteiger partial charge on any atom is -0.493 e. The van der Waals surface area contributed by atoms with Gasteiger partial charge in [-0.2, -0.15) is 26.3 Å². The summed E-state index contributed by atoms with van der Waals surface area (Å²) >= 11 is 0. The highest BCUT2D eigenvalue weighted by atomic mass is 19.4. The van der Waals surface area contributed by atoms with E-state index < -0.39 is 30.5 Å². The van der Waals surface area contributed by atoms with E-state index in [0.717, 1.165) is 4.90 Å². The maximum Gasteiger partial charge on any atom is 0.434 e. The molecule has 1 saturated heterocycles. The number of halogens is 6. The molecule has 0 unspecified atom stereocenters. The number of alkyl halides is 6. The Hall–Kier alpha value is -2.66. The molecule has 1 heterocycles. The highest BCUT2D eigenvalue weighted by molar-refractivity contribution is 5.92. The van der Waals surface area contributed by atoms with Crippen molar-refractivity contribution in [3.8, 4) is 5.75 Å². The molecule has 0 spiro atoms. The molecule has 6 nitrogen and oxygen atoms in total. The quantitative estimate of drug-likeness (QED) is 0.728. The molecule has 0 radical (unpaired) electrons. The molecule has 0 bridgehead atoms. The fraction of sp³-hybridized carbons (Fsp3) is 0.529. The molecule has 1 aromatic carbocycles. The van der Waals surface area contributed by atoms with Crippen molar-refractivity contribution in [1.29, 1.82) is 0 Å². The zero-order valence-electron chi connectivity index (χ0n) is 14.9. The van der Waals surface area contributed by atoms with Gasteiger partial charge >= 0.3 is 18.4 Å². The van der Waals surface area contributed by atoms with Crippen LogP contribution >= 0.6 is 0 Å². The number of primary amides is 1. The van der Waals surface area contributed by atoms with Crippen molar-refractivity contribution in [2.24, 2.45) is 11.7 Å². The third kappa shape index (κ3) is 6.43. The molecule has 1 fully saturated rings. The zero-order chi connectivity index (χ0) is 21.8. The first-order chi connectivity index (χ1) is 13.4. The number of hydrogen-bond donors (Lipinski definition) is 1. The van der Waals surface area contributed by atoms with Gasteiger partial charge in [0.05, 0.1) is 6.61 Å². The topological polar surface area (TPSA) is 81.9 Å². The SMILES string of the molecule is NC(=O)c1ccc(OCC2CCN(C(=O)OC(C(F)(F)F)C(F)(F)F)CC2)cc1. The van der Waals surface area contributed by atoms with Crippen molar-refractivity contribution in [3.05, 3.63) is 29.8 Å². The van der Waals surface area contributed by atoms with Gasteiger partial charge in [-0.25, -0.2) is 4.79 Å². The largest absolute Gasteiger partial charge is 0.493 e. The molecule has 2 rings (SSSR count). The molecule has 2 N–H and O–H groups in total. The lowest BCUT2D eigenvalue weighted by atomic mass is 9.98. The fourth-order valence-electron chi connectivity index (χ4n) is 2.71. The Morgan fingerprint density at radius 3 is 2.00 bits per heavy atom. The van der Waals surface area contributed by atoms with E-state index in [9.17, 15) is 35.9 Å². The van der Waals surface area contributed by atoms with Crippen LogP contribution < -0.4 is 10.5 Å². The number of piperidine rings is 1. The Balaban J connectivity index is 1.82. The lowest BCUT2D eigenvalue weighted by molar-refractivity contribution is -0.308. The summed E-state index contributed by atoms with van der Waals surface area (Å²) in [6.45, 7) is 0.109. The number of nitrogens with two attached hydrogens (primary N) is 1. The van der Waals surface area contributed by atoms with Crippen LogP contribution in [-0.2, 0) is 4.74 Å². The van der Waals surface area contributed by atoms with Gasteiger partial charge in [-0.1, -0.05) is 0 Å². The van der Waals surface area contributed by atoms with Gasteiger partial charge in [0.15, 0.2) is 0 Å². The first kappa shape index (κ1) is 22.6. The first-order valence-electron chi connectivity index (χ1n) is 8.49. The number of amides is 2. The summed E-state index contributed by atoms with van der Waals surface area (Å²) in [5.41, 5.74) is 5.43. The van der Waals surface area contributed by atoms with Gasteiger partial charge in [0.1, 0.15) is 5.75 Å². The maximum atomic E-state index is 12.5. The van der Waals surface area contributed by atoms with E-state index in [4.69, 9.17) is 10.5 Å². The van der Waals surface area contributed by atoms with Crippen LogP contribution in [0.15, 0.2) is 24.3 Å². The third-order valence-electron chi connectivity index (χ3n) is 4.31. The summed E-state index contributed by atoms with van der Waals surface area (Å²) < 4.78 is 84.1. The van der Waals surface area contributed by atoms with E-state index in [-0.39, 0.29) is 25.6 Å². The van der Waals surface area contributed by atoms with Gasteiger partial charge in [0.25, 0.3) is 6.10 Å². The Bertz CT molecular complexity index is 698. The normalized spacial score (nSPS) is 16.0. The lowest BCUT2D eigenvalue weighted by Gasteiger charge is -2.33. The molecule has 0 atom stereocenters. The van der Waals surface area contributed by atoms with E-state index in [2.05, 4.69) is 4.74 Å². The van der Waals surface area contributed by atoms with Gasteiger partial charge in [-0.3, -0.25) is 4.79 Å². The molecule has 1 aromatic rings. The van der Waals surface area contributed by atoms with Crippen LogP contribution in [0.5, 0.6) is 5.75 Å². The molecule has 1 aliphatic heterocycles. The van der Waals surface area contributed by atoms with Gasteiger partial charge in [0, 0.05) is 18.7 Å². The van der Waals surface area contributed by atoms with E-state index in [0.29, 0.717) is 24.2 Å². The van der Waals surface area contributed by atoms with Crippen LogP contribution in [0.25, 0.3) is 0 Å². The molecule has 0 saturated carbocycles. The minimum absolute atomic E-state index is 0.0594. The lowest BCUT2D eigenvalue weighted by Crippen LogP contribution is -2.49. The van der Waals surface area contributed by atoms with Crippen LogP contribution in [-0.4, -0.2) is 55.1 Å². The fourth-order valence-corrected chi connectivity index (χ4v) is 2.71. The molecule has 29 heavy (non-hydrogen) atoms. The Kier molecular flexibility index (Phi) is 6.85. The summed E-state index contributed by atoms with van der Waals surface area (Å²) in [5.74, 6) is -0.181. The van der Waals surface area contributed by atoms with Crippen LogP contribution in [0.2, 0.25) is 0 Å². The van der Waals surface area contributed by atoms with Crippen LogP contribution in [0.4, 0.5) is 31.1 Å². The van der Waals surface area contributed by atoms with Crippen molar-refractivity contribution in [2.75, 3.05) is 19.7 Å². The number of ether oxygens (including phenoxy) is 2. The monoisotopic (exact) mass is 428 g/mol. The first-order valence-corrected chi connectivity index (χ1v) is 8.49. The smallest absolute Gasteiger partial charge is 0.434 e. The van der Waals surface area contributed by atoms with Crippen molar-refractivity contribution < 1.29 is 45.4 Å². The maximum absolute atomic E-state index is 12.5. The number of benzene rings is 1. The predicted molar refractivity (Wildman–Crippen MR) is 87.1 cm³/mol. The van der Waals surface area contributed by atoms with Crippen molar-refractivity contribution in [2.45, 2.75) is 31.3 Å². The zero-order valence-corrected chi connectivity index (χ0v) is 14.9. The Morgan fingerprint density at radius 1 is 1.03 bits per heavy atom. The number of carbonyl (C=O) groups is 2. The van der Waals surface area contributed by atoms with Crippen LogP contribution in [0, 0.1) is 5.92 Å². The second kappa shape index (κ2) is 8.78. The third-order valence-corrected chi connectivity index (χ3v) is 4.31. The van der Waals surface area contributed by atoms with Crippen molar-refractivity contribution in [3.63, 3.8) is 0 Å². The number of likely N-dealkylation sites (tertiary alicyclic amines) is 1. The molecule has 1 aliphatic rings. The predicted octanol–water partition coefficient (Wildman–Crippen LogP) is 3.51. The second-order valence-electron chi connectivity index (χ2n) is 6.48. The number of carbonyl (C=O) groups excluding carboxylic acids is 2. The summed E-state index contributed by atoms with van der Waals surface area (Å²) in [4.78, 5) is 23.5. The van der Waals surface area contributed by atoms with Crippen LogP contribution in [0.3, 0.4) is 0 Å². The summed E-state index contributed by atoms with van der Waals surface area (Å²) in [7, 11) is 0. The van der Waals surface area contributed by atoms with Gasteiger partial charge < -0.3 is 20.1 Å². The molecule has 0 aromatic heterocycles. The average Bonchev–Trinajstić information content (AvgIpc) is 2.63.